The molecule has 2 amide bonds. The third kappa shape index (κ3) is 5.14. The molecule has 178 valence electrons. The molecule has 0 saturated carbocycles. The van der Waals surface area contributed by atoms with Crippen molar-refractivity contribution in [1.29, 1.82) is 0 Å². The minimum Gasteiger partial charge on any atom is -0.497 e. The van der Waals surface area contributed by atoms with Crippen LogP contribution in [-0.4, -0.2) is 39.5 Å². The summed E-state index contributed by atoms with van der Waals surface area (Å²) in [4.78, 5) is 16.4. The number of carbonyl (C=O) groups excluding carboxylic acids is 1. The summed E-state index contributed by atoms with van der Waals surface area (Å²) in [7, 11) is -2.33. The Morgan fingerprint density at radius 1 is 1.03 bits per heavy atom. The average molecular weight is 484 g/mol. The molecule has 34 heavy (non-hydrogen) atoms. The molecule has 3 aromatic rings. The molecule has 1 N–H and O–H groups in total. The number of anilines is 2. The Morgan fingerprint density at radius 2 is 1.79 bits per heavy atom. The first-order valence-electron chi connectivity index (χ1n) is 10.9. The van der Waals surface area contributed by atoms with Crippen LogP contribution < -0.4 is 14.4 Å². The number of carbonyl (C=O) groups is 1. The zero-order chi connectivity index (χ0) is 24.3. The van der Waals surface area contributed by atoms with Crippen LogP contribution >= 0.6 is 0 Å². The molecule has 0 spiro atoms. The first kappa shape index (κ1) is 23.6. The van der Waals surface area contributed by atoms with Crippen LogP contribution in [0.3, 0.4) is 0 Å². The second-order valence-electron chi connectivity index (χ2n) is 8.12. The van der Waals surface area contributed by atoms with Crippen molar-refractivity contribution in [2.45, 2.75) is 24.8 Å². The van der Waals surface area contributed by atoms with Crippen LogP contribution in [0.1, 0.15) is 17.5 Å². The van der Waals surface area contributed by atoms with E-state index in [1.54, 1.807) is 48.1 Å². The molecule has 1 fully saturated rings. The second kappa shape index (κ2) is 9.72. The number of halogens is 1. The minimum atomic E-state index is -3.94. The van der Waals surface area contributed by atoms with Crippen molar-refractivity contribution in [2.75, 3.05) is 29.8 Å². The third-order valence-electron chi connectivity index (χ3n) is 5.70. The standard InChI is InChI=1S/C25H26FN3O4S/c1-18-7-12-23(16-24(18)26)34(31,32)27-20-8-10-21(11-9-20)29-14-4-13-28(25(29)30)17-19-5-3-6-22(15-19)33-2/h3,5-12,15-16,27H,4,13-14,17H2,1-2H3. The summed E-state index contributed by atoms with van der Waals surface area (Å²) < 4.78 is 46.7. The van der Waals surface area contributed by atoms with Gasteiger partial charge in [-0.15, -0.1) is 0 Å². The number of hydrogen-bond acceptors (Lipinski definition) is 4. The average Bonchev–Trinajstić information content (AvgIpc) is 2.82. The number of sulfonamides is 1. The molecule has 0 radical (unpaired) electrons. The van der Waals surface area contributed by atoms with E-state index in [9.17, 15) is 17.6 Å². The number of methoxy groups -OCH3 is 1. The van der Waals surface area contributed by atoms with Crippen molar-refractivity contribution in [3.8, 4) is 5.75 Å². The fraction of sp³-hybridized carbons (Fsp3) is 0.240. The SMILES string of the molecule is COc1cccc(CN2CCCN(c3ccc(NS(=O)(=O)c4ccc(C)c(F)c4)cc3)C2=O)c1. The van der Waals surface area contributed by atoms with Crippen LogP contribution in [0.4, 0.5) is 20.6 Å². The molecule has 0 bridgehead atoms. The Bertz CT molecular complexity index is 1300. The van der Waals surface area contributed by atoms with Gasteiger partial charge in [-0.1, -0.05) is 18.2 Å². The summed E-state index contributed by atoms with van der Waals surface area (Å²) in [5.74, 6) is 0.158. The number of aryl methyl sites for hydroxylation is 1. The number of hydrogen-bond donors (Lipinski definition) is 1. The number of nitrogens with zero attached hydrogens (tertiary/aromatic N) is 2. The Morgan fingerprint density at radius 3 is 2.50 bits per heavy atom. The molecule has 4 rings (SSSR count). The highest BCUT2D eigenvalue weighted by Crippen LogP contribution is 2.25. The molecule has 0 unspecified atom stereocenters. The van der Waals surface area contributed by atoms with Crippen LogP contribution in [0.25, 0.3) is 0 Å². The van der Waals surface area contributed by atoms with E-state index in [2.05, 4.69) is 4.72 Å². The van der Waals surface area contributed by atoms with Crippen molar-refractivity contribution < 1.29 is 22.3 Å². The zero-order valence-corrected chi connectivity index (χ0v) is 19.8. The molecule has 0 aromatic heterocycles. The Balaban J connectivity index is 1.46. The lowest BCUT2D eigenvalue weighted by Crippen LogP contribution is -2.49. The molecule has 1 heterocycles. The van der Waals surface area contributed by atoms with E-state index in [0.29, 0.717) is 36.6 Å². The Hall–Kier alpha value is -3.59. The minimum absolute atomic E-state index is 0.113. The van der Waals surface area contributed by atoms with Crippen LogP contribution in [-0.2, 0) is 16.6 Å². The van der Waals surface area contributed by atoms with Crippen molar-refractivity contribution in [1.82, 2.24) is 4.90 Å². The van der Waals surface area contributed by atoms with Gasteiger partial charge in [-0.3, -0.25) is 9.62 Å². The van der Waals surface area contributed by atoms with Gasteiger partial charge in [-0.2, -0.15) is 0 Å². The van der Waals surface area contributed by atoms with E-state index >= 15 is 0 Å². The van der Waals surface area contributed by atoms with Crippen LogP contribution in [0.5, 0.6) is 5.75 Å². The van der Waals surface area contributed by atoms with Crippen LogP contribution in [0.2, 0.25) is 0 Å². The smallest absolute Gasteiger partial charge is 0.324 e. The van der Waals surface area contributed by atoms with Crippen molar-refractivity contribution >= 4 is 27.4 Å². The number of urea groups is 1. The van der Waals surface area contributed by atoms with E-state index in [0.717, 1.165) is 23.8 Å². The third-order valence-corrected chi connectivity index (χ3v) is 7.08. The van der Waals surface area contributed by atoms with Crippen molar-refractivity contribution in [2.24, 2.45) is 0 Å². The van der Waals surface area contributed by atoms with Gasteiger partial charge in [0.2, 0.25) is 0 Å². The van der Waals surface area contributed by atoms with E-state index in [1.165, 1.54) is 12.1 Å². The predicted molar refractivity (Wildman–Crippen MR) is 129 cm³/mol. The van der Waals surface area contributed by atoms with Gasteiger partial charge < -0.3 is 9.64 Å². The lowest BCUT2D eigenvalue weighted by Gasteiger charge is -2.35. The molecule has 7 nitrogen and oxygen atoms in total. The van der Waals surface area contributed by atoms with Gasteiger partial charge in [0.1, 0.15) is 11.6 Å². The fourth-order valence-corrected chi connectivity index (χ4v) is 4.89. The molecular weight excluding hydrogens is 457 g/mol. The van der Waals surface area contributed by atoms with Gasteiger partial charge in [0.25, 0.3) is 10.0 Å². The molecule has 1 saturated heterocycles. The largest absolute Gasteiger partial charge is 0.497 e. The monoisotopic (exact) mass is 483 g/mol. The summed E-state index contributed by atoms with van der Waals surface area (Å²) in [5.41, 5.74) is 2.34. The van der Waals surface area contributed by atoms with Gasteiger partial charge in [-0.05, 0) is 73.0 Å². The maximum absolute atomic E-state index is 13.8. The number of benzene rings is 3. The lowest BCUT2D eigenvalue weighted by molar-refractivity contribution is 0.192. The van der Waals surface area contributed by atoms with Gasteiger partial charge in [-0.25, -0.2) is 17.6 Å². The first-order valence-corrected chi connectivity index (χ1v) is 12.3. The molecule has 3 aromatic carbocycles. The molecule has 0 aliphatic carbocycles. The zero-order valence-electron chi connectivity index (χ0n) is 19.0. The summed E-state index contributed by atoms with van der Waals surface area (Å²) in [6, 6.07) is 17.9. The predicted octanol–water partition coefficient (Wildman–Crippen LogP) is 4.78. The van der Waals surface area contributed by atoms with Gasteiger partial charge in [0.05, 0.1) is 12.0 Å². The van der Waals surface area contributed by atoms with E-state index < -0.39 is 15.8 Å². The Kier molecular flexibility index (Phi) is 6.74. The molecule has 9 heteroatoms. The molecular formula is C25H26FN3O4S. The first-order chi connectivity index (χ1) is 16.3. The highest BCUT2D eigenvalue weighted by atomic mass is 32.2. The number of nitrogens with one attached hydrogen (secondary N) is 1. The highest BCUT2D eigenvalue weighted by Gasteiger charge is 2.27. The Labute approximate surface area is 198 Å². The van der Waals surface area contributed by atoms with Crippen LogP contribution in [0.15, 0.2) is 71.6 Å². The van der Waals surface area contributed by atoms with Crippen molar-refractivity contribution in [3.63, 3.8) is 0 Å². The summed E-state index contributed by atoms with van der Waals surface area (Å²) in [6.07, 6.45) is 0.809. The molecule has 0 atom stereocenters. The van der Waals surface area contributed by atoms with Crippen LogP contribution in [0, 0.1) is 12.7 Å². The highest BCUT2D eigenvalue weighted by molar-refractivity contribution is 7.92. The second-order valence-corrected chi connectivity index (χ2v) is 9.81. The fourth-order valence-electron chi connectivity index (χ4n) is 3.82. The lowest BCUT2D eigenvalue weighted by atomic mass is 10.1. The topological polar surface area (TPSA) is 79.0 Å². The van der Waals surface area contributed by atoms with Gasteiger partial charge >= 0.3 is 6.03 Å². The number of amides is 2. The summed E-state index contributed by atoms with van der Waals surface area (Å²) >= 11 is 0. The van der Waals surface area contributed by atoms with Gasteiger partial charge in [0.15, 0.2) is 0 Å². The van der Waals surface area contributed by atoms with Gasteiger partial charge in [0, 0.05) is 31.0 Å². The van der Waals surface area contributed by atoms with E-state index in [4.69, 9.17) is 4.74 Å². The number of ether oxygens (including phenoxy) is 1. The quantitative estimate of drug-likeness (QED) is 0.525. The van der Waals surface area contributed by atoms with E-state index in [-0.39, 0.29) is 10.9 Å². The maximum Gasteiger partial charge on any atom is 0.324 e. The summed E-state index contributed by atoms with van der Waals surface area (Å²) in [5, 5.41) is 0. The van der Waals surface area contributed by atoms with E-state index in [1.807, 2.05) is 24.3 Å². The summed E-state index contributed by atoms with van der Waals surface area (Å²) in [6.45, 7) is 3.26. The maximum atomic E-state index is 13.8. The normalized spacial score (nSPS) is 14.3. The van der Waals surface area contributed by atoms with Crippen molar-refractivity contribution in [3.05, 3.63) is 83.7 Å². The molecule has 1 aliphatic heterocycles. The molecule has 1 aliphatic rings. The number of rotatable bonds is 7.